The molecule has 0 aliphatic carbocycles. The van der Waals surface area contributed by atoms with Crippen LogP contribution in [0.4, 0.5) is 15.8 Å². The molecule has 38 heavy (non-hydrogen) atoms. The number of carbonyl (C=O) groups is 2. The fourth-order valence-corrected chi connectivity index (χ4v) is 5.13. The summed E-state index contributed by atoms with van der Waals surface area (Å²) in [5.74, 6) is 1.95. The molecular formula is C28H20ClFN2O4S2. The van der Waals surface area contributed by atoms with Crippen LogP contribution in [0.15, 0.2) is 65.6 Å². The van der Waals surface area contributed by atoms with E-state index in [4.69, 9.17) is 39.7 Å². The van der Waals surface area contributed by atoms with E-state index in [2.05, 4.69) is 11.2 Å². The highest BCUT2D eigenvalue weighted by Crippen LogP contribution is 2.40. The van der Waals surface area contributed by atoms with Gasteiger partial charge in [-0.1, -0.05) is 47.6 Å². The van der Waals surface area contributed by atoms with Gasteiger partial charge in [-0.25, -0.2) is 4.39 Å². The first kappa shape index (κ1) is 27.2. The van der Waals surface area contributed by atoms with Gasteiger partial charge < -0.3 is 14.8 Å². The number of carbonyl (C=O) groups excluding carboxylic acids is 2. The van der Waals surface area contributed by atoms with Crippen molar-refractivity contribution in [1.82, 2.24) is 0 Å². The molecule has 1 N–H and O–H groups in total. The maximum atomic E-state index is 13.3. The number of rotatable bonds is 8. The quantitative estimate of drug-likeness (QED) is 0.189. The summed E-state index contributed by atoms with van der Waals surface area (Å²) in [7, 11) is 0. The third-order valence-electron chi connectivity index (χ3n) is 5.19. The number of nitrogens with zero attached hydrogens (tertiary/aromatic N) is 1. The number of nitrogens with one attached hydrogen (secondary N) is 1. The lowest BCUT2D eigenvalue weighted by molar-refractivity contribution is -0.113. The molecule has 1 aliphatic heterocycles. The number of amides is 2. The van der Waals surface area contributed by atoms with Crippen LogP contribution in [0, 0.1) is 18.2 Å². The Balaban J connectivity index is 1.58. The molecule has 1 fully saturated rings. The van der Waals surface area contributed by atoms with E-state index in [0.29, 0.717) is 49.8 Å². The lowest BCUT2D eigenvalue weighted by atomic mass is 10.1. The van der Waals surface area contributed by atoms with Gasteiger partial charge >= 0.3 is 0 Å². The van der Waals surface area contributed by atoms with Gasteiger partial charge in [-0.3, -0.25) is 14.5 Å². The fourth-order valence-electron chi connectivity index (χ4n) is 3.55. The van der Waals surface area contributed by atoms with E-state index >= 15 is 0 Å². The molecular weight excluding hydrogens is 547 g/mol. The lowest BCUT2D eigenvalue weighted by Gasteiger charge is -2.16. The van der Waals surface area contributed by atoms with Crippen molar-refractivity contribution in [3.63, 3.8) is 0 Å². The number of hydrogen-bond acceptors (Lipinski definition) is 6. The SMILES string of the molecule is C#CCOc1c(Cl)cc(/C=C2/SC(=S)N(c3cccc(C(=O)Nc4ccc(F)cc4)c3)C2=O)cc1OCC. The van der Waals surface area contributed by atoms with Crippen molar-refractivity contribution in [1.29, 1.82) is 0 Å². The summed E-state index contributed by atoms with van der Waals surface area (Å²) in [5, 5.41) is 2.99. The van der Waals surface area contributed by atoms with E-state index in [0.717, 1.165) is 11.8 Å². The van der Waals surface area contributed by atoms with E-state index in [-0.39, 0.29) is 17.5 Å². The Kier molecular flexibility index (Phi) is 8.69. The molecule has 2 amide bonds. The summed E-state index contributed by atoms with van der Waals surface area (Å²) in [6, 6.07) is 15.3. The van der Waals surface area contributed by atoms with E-state index in [1.165, 1.54) is 29.2 Å². The number of benzene rings is 3. The Morgan fingerprint density at radius 1 is 1.21 bits per heavy atom. The van der Waals surface area contributed by atoms with Gasteiger partial charge in [0.2, 0.25) is 0 Å². The average molecular weight is 567 g/mol. The summed E-state index contributed by atoms with van der Waals surface area (Å²) in [4.78, 5) is 27.8. The second-order valence-electron chi connectivity index (χ2n) is 7.78. The number of halogens is 2. The van der Waals surface area contributed by atoms with Gasteiger partial charge in [0.25, 0.3) is 11.8 Å². The Morgan fingerprint density at radius 2 is 1.97 bits per heavy atom. The molecule has 6 nitrogen and oxygen atoms in total. The van der Waals surface area contributed by atoms with Gasteiger partial charge in [-0.15, -0.1) is 6.42 Å². The van der Waals surface area contributed by atoms with Crippen molar-refractivity contribution in [2.75, 3.05) is 23.4 Å². The van der Waals surface area contributed by atoms with E-state index in [9.17, 15) is 14.0 Å². The topological polar surface area (TPSA) is 67.9 Å². The van der Waals surface area contributed by atoms with Crippen LogP contribution >= 0.6 is 35.6 Å². The molecule has 0 radical (unpaired) electrons. The normalized spacial score (nSPS) is 13.9. The number of ether oxygens (including phenoxy) is 2. The molecule has 192 valence electrons. The molecule has 1 aliphatic rings. The van der Waals surface area contributed by atoms with Crippen LogP contribution in [0.5, 0.6) is 11.5 Å². The Hall–Kier alpha value is -3.84. The van der Waals surface area contributed by atoms with Crippen molar-refractivity contribution in [2.24, 2.45) is 0 Å². The summed E-state index contributed by atoms with van der Waals surface area (Å²) >= 11 is 13.0. The summed E-state index contributed by atoms with van der Waals surface area (Å²) in [6.07, 6.45) is 6.94. The minimum absolute atomic E-state index is 0.0266. The predicted octanol–water partition coefficient (Wildman–Crippen LogP) is 6.55. The van der Waals surface area contributed by atoms with Gasteiger partial charge in [-0.05, 0) is 73.2 Å². The second-order valence-corrected chi connectivity index (χ2v) is 9.87. The molecule has 1 saturated heterocycles. The zero-order valence-corrected chi connectivity index (χ0v) is 22.4. The molecule has 0 aromatic heterocycles. The Labute approximate surface area is 233 Å². The highest BCUT2D eigenvalue weighted by Gasteiger charge is 2.33. The zero-order valence-electron chi connectivity index (χ0n) is 20.0. The predicted molar refractivity (Wildman–Crippen MR) is 153 cm³/mol. The number of hydrogen-bond donors (Lipinski definition) is 1. The molecule has 3 aromatic carbocycles. The highest BCUT2D eigenvalue weighted by molar-refractivity contribution is 8.27. The van der Waals surface area contributed by atoms with E-state index in [1.54, 1.807) is 42.5 Å². The number of thioether (sulfide) groups is 1. The molecule has 0 unspecified atom stereocenters. The van der Waals surface area contributed by atoms with E-state index in [1.807, 2.05) is 6.92 Å². The monoisotopic (exact) mass is 566 g/mol. The minimum Gasteiger partial charge on any atom is -0.490 e. The van der Waals surface area contributed by atoms with Gasteiger partial charge in [-0.2, -0.15) is 0 Å². The summed E-state index contributed by atoms with van der Waals surface area (Å²) in [6.45, 7) is 2.23. The standard InChI is InChI=1S/C28H20ClFN2O4S2/c1-3-12-36-25-22(29)13-17(14-23(25)35-4-2)15-24-27(34)32(28(37)38-24)21-7-5-6-18(16-21)26(33)31-20-10-8-19(30)9-11-20/h1,5-11,13-16H,4,12H2,2H3,(H,31,33)/b24-15+. The van der Waals surface area contributed by atoms with Crippen molar-refractivity contribution in [2.45, 2.75) is 6.92 Å². The molecule has 4 rings (SSSR count). The second kappa shape index (κ2) is 12.1. The van der Waals surface area contributed by atoms with Crippen LogP contribution in [0.2, 0.25) is 5.02 Å². The minimum atomic E-state index is -0.412. The first-order chi connectivity index (χ1) is 18.3. The van der Waals surface area contributed by atoms with Crippen molar-refractivity contribution < 1.29 is 23.5 Å². The third kappa shape index (κ3) is 6.17. The summed E-state index contributed by atoms with van der Waals surface area (Å²) in [5.41, 5.74) is 1.80. The van der Waals surface area contributed by atoms with Gasteiger partial charge in [0.1, 0.15) is 12.4 Å². The molecule has 0 saturated carbocycles. The van der Waals surface area contributed by atoms with Crippen molar-refractivity contribution >= 4 is 69.2 Å². The largest absolute Gasteiger partial charge is 0.490 e. The number of thiocarbonyl (C=S) groups is 1. The van der Waals surface area contributed by atoms with Crippen LogP contribution < -0.4 is 19.7 Å². The van der Waals surface area contributed by atoms with Crippen LogP contribution in [-0.2, 0) is 4.79 Å². The maximum absolute atomic E-state index is 13.3. The van der Waals surface area contributed by atoms with Gasteiger partial charge in [0, 0.05) is 11.3 Å². The smallest absolute Gasteiger partial charge is 0.270 e. The lowest BCUT2D eigenvalue weighted by Crippen LogP contribution is -2.27. The molecule has 10 heteroatoms. The molecule has 0 spiro atoms. The highest BCUT2D eigenvalue weighted by atomic mass is 35.5. The number of terminal acetylenes is 1. The molecule has 0 bridgehead atoms. The molecule has 3 aromatic rings. The van der Waals surface area contributed by atoms with Crippen LogP contribution in [0.25, 0.3) is 6.08 Å². The van der Waals surface area contributed by atoms with Crippen LogP contribution in [0.3, 0.4) is 0 Å². The summed E-state index contributed by atoms with van der Waals surface area (Å²) < 4.78 is 24.6. The molecule has 1 heterocycles. The Morgan fingerprint density at radius 3 is 2.68 bits per heavy atom. The first-order valence-corrected chi connectivity index (χ1v) is 12.9. The van der Waals surface area contributed by atoms with E-state index < -0.39 is 11.7 Å². The number of anilines is 2. The zero-order chi connectivity index (χ0) is 27.2. The van der Waals surface area contributed by atoms with Crippen LogP contribution in [0.1, 0.15) is 22.8 Å². The average Bonchev–Trinajstić information content (AvgIpc) is 3.17. The van der Waals surface area contributed by atoms with Crippen LogP contribution in [-0.4, -0.2) is 29.3 Å². The molecule has 0 atom stereocenters. The fraction of sp³-hybridized carbons (Fsp3) is 0.107. The van der Waals surface area contributed by atoms with Crippen molar-refractivity contribution in [3.8, 4) is 23.8 Å². The van der Waals surface area contributed by atoms with Gasteiger partial charge in [0.15, 0.2) is 15.8 Å². The van der Waals surface area contributed by atoms with Crippen molar-refractivity contribution in [3.05, 3.63) is 87.5 Å². The third-order valence-corrected chi connectivity index (χ3v) is 6.77. The van der Waals surface area contributed by atoms with Gasteiger partial charge in [0.05, 0.1) is 22.2 Å². The maximum Gasteiger partial charge on any atom is 0.270 e. The Bertz CT molecular complexity index is 1490. The first-order valence-electron chi connectivity index (χ1n) is 11.3.